The third kappa shape index (κ3) is 6.85. The van der Waals surface area contributed by atoms with Gasteiger partial charge in [-0.25, -0.2) is 0 Å². The van der Waals surface area contributed by atoms with Crippen LogP contribution in [-0.2, 0) is 27.0 Å². The molecule has 6 nitrogen and oxygen atoms in total. The molecule has 170 valence electrons. The van der Waals surface area contributed by atoms with Gasteiger partial charge in [0.2, 0.25) is 11.8 Å². The van der Waals surface area contributed by atoms with Crippen LogP contribution in [0.4, 0.5) is 13.2 Å². The number of alkyl halides is 3. The molecule has 9 heteroatoms. The molecule has 0 aliphatic rings. The third-order valence-corrected chi connectivity index (χ3v) is 4.65. The van der Waals surface area contributed by atoms with Gasteiger partial charge in [-0.1, -0.05) is 25.5 Å². The standard InChI is InChI=1S/C22H27F3N2O4/c1-4-5-12-26-21(29)20(16-7-9-17(10-8-16)22(23,24)25)27(19(28)14-30-3)13-18-11-6-15(2)31-18/h6-11,20H,4-5,12-14H2,1-3H3,(H,26,29). The molecule has 2 amide bonds. The Morgan fingerprint density at radius 1 is 1.16 bits per heavy atom. The molecule has 0 saturated carbocycles. The molecule has 1 unspecified atom stereocenters. The molecule has 1 heterocycles. The summed E-state index contributed by atoms with van der Waals surface area (Å²) in [5.74, 6) is 0.0980. The number of halogens is 3. The third-order valence-electron chi connectivity index (χ3n) is 4.65. The average Bonchev–Trinajstić information content (AvgIpc) is 3.12. The van der Waals surface area contributed by atoms with Crippen LogP contribution in [0.1, 0.15) is 48.5 Å². The Kier molecular flexibility index (Phi) is 8.67. The van der Waals surface area contributed by atoms with Crippen LogP contribution in [0.2, 0.25) is 0 Å². The molecule has 0 aliphatic heterocycles. The lowest BCUT2D eigenvalue weighted by Crippen LogP contribution is -2.44. The van der Waals surface area contributed by atoms with Crippen LogP contribution in [0.25, 0.3) is 0 Å². The number of aryl methyl sites for hydroxylation is 1. The highest BCUT2D eigenvalue weighted by Crippen LogP contribution is 2.31. The predicted molar refractivity (Wildman–Crippen MR) is 108 cm³/mol. The minimum atomic E-state index is -4.51. The minimum Gasteiger partial charge on any atom is -0.464 e. The molecule has 0 fully saturated rings. The first-order chi connectivity index (χ1) is 14.7. The molecule has 0 radical (unpaired) electrons. The fourth-order valence-corrected chi connectivity index (χ4v) is 3.08. The quantitative estimate of drug-likeness (QED) is 0.561. The number of hydrogen-bond donors (Lipinski definition) is 1. The normalized spacial score (nSPS) is 12.5. The first-order valence-corrected chi connectivity index (χ1v) is 9.96. The SMILES string of the molecule is CCCCNC(=O)C(c1ccc(C(F)(F)F)cc1)N(Cc1ccc(C)o1)C(=O)COC. The number of furan rings is 1. The van der Waals surface area contributed by atoms with Gasteiger partial charge in [-0.05, 0) is 43.2 Å². The van der Waals surface area contributed by atoms with Crippen LogP contribution in [0.3, 0.4) is 0 Å². The van der Waals surface area contributed by atoms with E-state index < -0.39 is 29.6 Å². The van der Waals surface area contributed by atoms with Gasteiger partial charge in [0.15, 0.2) is 0 Å². The van der Waals surface area contributed by atoms with E-state index in [1.165, 1.54) is 24.1 Å². The van der Waals surface area contributed by atoms with Crippen LogP contribution >= 0.6 is 0 Å². The van der Waals surface area contributed by atoms with Gasteiger partial charge < -0.3 is 19.4 Å². The number of hydrogen-bond acceptors (Lipinski definition) is 4. The summed E-state index contributed by atoms with van der Waals surface area (Å²) in [6, 6.07) is 6.49. The molecule has 0 saturated heterocycles. The van der Waals surface area contributed by atoms with Crippen molar-refractivity contribution >= 4 is 11.8 Å². The predicted octanol–water partition coefficient (Wildman–Crippen LogP) is 4.24. The summed E-state index contributed by atoms with van der Waals surface area (Å²) in [4.78, 5) is 27.1. The molecule has 2 aromatic rings. The molecule has 31 heavy (non-hydrogen) atoms. The summed E-state index contributed by atoms with van der Waals surface area (Å²) >= 11 is 0. The summed E-state index contributed by atoms with van der Waals surface area (Å²) in [5.41, 5.74) is -0.576. The fourth-order valence-electron chi connectivity index (χ4n) is 3.08. The molecule has 0 bridgehead atoms. The highest BCUT2D eigenvalue weighted by molar-refractivity contribution is 5.89. The second-order valence-electron chi connectivity index (χ2n) is 7.13. The topological polar surface area (TPSA) is 71.8 Å². The van der Waals surface area contributed by atoms with Crippen molar-refractivity contribution in [3.8, 4) is 0 Å². The number of nitrogens with one attached hydrogen (secondary N) is 1. The van der Waals surface area contributed by atoms with Crippen molar-refractivity contribution in [1.82, 2.24) is 10.2 Å². The van der Waals surface area contributed by atoms with E-state index in [1.807, 2.05) is 6.92 Å². The lowest BCUT2D eigenvalue weighted by molar-refractivity contribution is -0.144. The Balaban J connectivity index is 2.44. The number of amides is 2. The molecular formula is C22H27F3N2O4. The number of benzene rings is 1. The van der Waals surface area contributed by atoms with Crippen molar-refractivity contribution in [2.45, 2.75) is 45.5 Å². The van der Waals surface area contributed by atoms with Gasteiger partial charge in [-0.2, -0.15) is 13.2 Å². The monoisotopic (exact) mass is 440 g/mol. The molecular weight excluding hydrogens is 413 g/mol. The zero-order valence-electron chi connectivity index (χ0n) is 17.8. The van der Waals surface area contributed by atoms with E-state index in [0.717, 1.165) is 25.0 Å². The fraction of sp³-hybridized carbons (Fsp3) is 0.455. The maximum absolute atomic E-state index is 13.0. The Bertz CT molecular complexity index is 862. The Morgan fingerprint density at radius 2 is 1.84 bits per heavy atom. The zero-order valence-corrected chi connectivity index (χ0v) is 17.8. The molecule has 1 aromatic carbocycles. The van der Waals surface area contributed by atoms with Crippen molar-refractivity contribution < 1.29 is 31.9 Å². The van der Waals surface area contributed by atoms with E-state index in [0.29, 0.717) is 18.1 Å². The van der Waals surface area contributed by atoms with E-state index >= 15 is 0 Å². The highest BCUT2D eigenvalue weighted by Gasteiger charge is 2.34. The zero-order chi connectivity index (χ0) is 23.0. The van der Waals surface area contributed by atoms with Gasteiger partial charge in [0, 0.05) is 13.7 Å². The molecule has 0 spiro atoms. The maximum atomic E-state index is 13.0. The number of rotatable bonds is 10. The van der Waals surface area contributed by atoms with Crippen molar-refractivity contribution in [2.24, 2.45) is 0 Å². The van der Waals surface area contributed by atoms with Gasteiger partial charge in [0.1, 0.15) is 24.2 Å². The van der Waals surface area contributed by atoms with Crippen LogP contribution in [-0.4, -0.2) is 37.0 Å². The number of methoxy groups -OCH3 is 1. The number of carbonyl (C=O) groups is 2. The van der Waals surface area contributed by atoms with Gasteiger partial charge >= 0.3 is 6.18 Å². The molecule has 1 aromatic heterocycles. The van der Waals surface area contributed by atoms with Gasteiger partial charge in [0.05, 0.1) is 12.1 Å². The number of ether oxygens (including phenoxy) is 1. The molecule has 0 aliphatic carbocycles. The lowest BCUT2D eigenvalue weighted by Gasteiger charge is -2.31. The summed E-state index contributed by atoms with van der Waals surface area (Å²) in [5, 5.41) is 2.77. The summed E-state index contributed by atoms with van der Waals surface area (Å²) in [6.45, 7) is 3.77. The Hall–Kier alpha value is -2.81. The maximum Gasteiger partial charge on any atom is 0.416 e. The van der Waals surface area contributed by atoms with Crippen LogP contribution in [0.5, 0.6) is 0 Å². The van der Waals surface area contributed by atoms with Gasteiger partial charge in [-0.3, -0.25) is 9.59 Å². The second kappa shape index (κ2) is 11.0. The van der Waals surface area contributed by atoms with Crippen molar-refractivity contribution in [2.75, 3.05) is 20.3 Å². The summed E-state index contributed by atoms with van der Waals surface area (Å²) in [7, 11) is 1.35. The van der Waals surface area contributed by atoms with Gasteiger partial charge in [0.25, 0.3) is 0 Å². The van der Waals surface area contributed by atoms with Gasteiger partial charge in [-0.15, -0.1) is 0 Å². The number of nitrogens with zero attached hydrogens (tertiary/aromatic N) is 1. The Morgan fingerprint density at radius 3 is 2.35 bits per heavy atom. The highest BCUT2D eigenvalue weighted by atomic mass is 19.4. The van der Waals surface area contributed by atoms with Crippen LogP contribution < -0.4 is 5.32 Å². The van der Waals surface area contributed by atoms with E-state index in [4.69, 9.17) is 9.15 Å². The van der Waals surface area contributed by atoms with E-state index in [1.54, 1.807) is 19.1 Å². The number of carbonyl (C=O) groups excluding carboxylic acids is 2. The molecule has 2 rings (SSSR count). The van der Waals surface area contributed by atoms with E-state index in [9.17, 15) is 22.8 Å². The Labute approximate surface area is 179 Å². The first kappa shape index (κ1) is 24.5. The van der Waals surface area contributed by atoms with E-state index in [-0.39, 0.29) is 18.7 Å². The molecule has 1 atom stereocenters. The minimum absolute atomic E-state index is 0.0388. The lowest BCUT2D eigenvalue weighted by atomic mass is 10.0. The summed E-state index contributed by atoms with van der Waals surface area (Å²) < 4.78 is 49.5. The first-order valence-electron chi connectivity index (χ1n) is 9.96. The van der Waals surface area contributed by atoms with Crippen LogP contribution in [0.15, 0.2) is 40.8 Å². The van der Waals surface area contributed by atoms with Crippen LogP contribution in [0, 0.1) is 6.92 Å². The largest absolute Gasteiger partial charge is 0.464 e. The average molecular weight is 440 g/mol. The second-order valence-corrected chi connectivity index (χ2v) is 7.13. The molecule has 1 N–H and O–H groups in total. The van der Waals surface area contributed by atoms with Crippen molar-refractivity contribution in [3.05, 3.63) is 59.0 Å². The van der Waals surface area contributed by atoms with Crippen molar-refractivity contribution in [3.63, 3.8) is 0 Å². The number of unbranched alkanes of at least 4 members (excludes halogenated alkanes) is 1. The smallest absolute Gasteiger partial charge is 0.416 e. The summed E-state index contributed by atoms with van der Waals surface area (Å²) in [6.07, 6.45) is -2.92. The van der Waals surface area contributed by atoms with Crippen molar-refractivity contribution in [1.29, 1.82) is 0 Å². The van der Waals surface area contributed by atoms with E-state index in [2.05, 4.69) is 5.32 Å².